The molecule has 4 rings (SSSR count). The zero-order valence-electron chi connectivity index (χ0n) is 16.6. The standard InChI is InChI=1S/C24H16BrClFNO3S/c25-19-10-16(6-9-21(19)31-14-15-4-2-1-3-5-15)11-22-23(29)28(24(30)32-22)13-17-7-8-18(27)12-20(17)26/h1-12H,13-14H2/b22-11+. The van der Waals surface area contributed by atoms with Crippen LogP contribution in [0.3, 0.4) is 0 Å². The predicted molar refractivity (Wildman–Crippen MR) is 128 cm³/mol. The molecule has 3 aromatic rings. The van der Waals surface area contributed by atoms with Crippen LogP contribution in [0.5, 0.6) is 5.75 Å². The smallest absolute Gasteiger partial charge is 0.293 e. The lowest BCUT2D eigenvalue weighted by molar-refractivity contribution is -0.123. The largest absolute Gasteiger partial charge is 0.488 e. The van der Waals surface area contributed by atoms with Crippen LogP contribution in [-0.2, 0) is 17.9 Å². The van der Waals surface area contributed by atoms with E-state index in [2.05, 4.69) is 15.9 Å². The molecule has 32 heavy (non-hydrogen) atoms. The third-order valence-electron chi connectivity index (χ3n) is 4.71. The zero-order valence-corrected chi connectivity index (χ0v) is 19.7. The third kappa shape index (κ3) is 5.23. The SMILES string of the molecule is O=C1S/C(=C/c2ccc(OCc3ccccc3)c(Br)c2)C(=O)N1Cc1ccc(F)cc1Cl. The van der Waals surface area contributed by atoms with Gasteiger partial charge in [-0.15, -0.1) is 0 Å². The molecule has 0 N–H and O–H groups in total. The number of halogens is 3. The summed E-state index contributed by atoms with van der Waals surface area (Å²) in [6, 6.07) is 19.1. The molecule has 1 heterocycles. The molecule has 0 atom stereocenters. The molecular weight excluding hydrogens is 517 g/mol. The molecule has 162 valence electrons. The molecular formula is C24H16BrClFNO3S. The van der Waals surface area contributed by atoms with Crippen molar-refractivity contribution < 1.29 is 18.7 Å². The summed E-state index contributed by atoms with van der Waals surface area (Å²) in [5.74, 6) is -0.222. The highest BCUT2D eigenvalue weighted by Gasteiger charge is 2.35. The van der Waals surface area contributed by atoms with E-state index in [1.165, 1.54) is 12.1 Å². The van der Waals surface area contributed by atoms with E-state index in [0.717, 1.165) is 38.3 Å². The molecule has 4 nitrogen and oxygen atoms in total. The second-order valence-corrected chi connectivity index (χ2v) is 9.22. The van der Waals surface area contributed by atoms with Gasteiger partial charge in [0.15, 0.2) is 0 Å². The Labute approximate surface area is 202 Å². The van der Waals surface area contributed by atoms with Gasteiger partial charge in [0.2, 0.25) is 0 Å². The van der Waals surface area contributed by atoms with Gasteiger partial charge in [0, 0.05) is 5.02 Å². The third-order valence-corrected chi connectivity index (χ3v) is 6.59. The van der Waals surface area contributed by atoms with Crippen molar-refractivity contribution in [1.82, 2.24) is 4.90 Å². The number of nitrogens with zero attached hydrogens (tertiary/aromatic N) is 1. The van der Waals surface area contributed by atoms with E-state index < -0.39 is 17.0 Å². The van der Waals surface area contributed by atoms with Crippen LogP contribution in [0, 0.1) is 5.82 Å². The second-order valence-electron chi connectivity index (χ2n) is 6.97. The van der Waals surface area contributed by atoms with E-state index in [1.807, 2.05) is 42.5 Å². The molecule has 0 aliphatic carbocycles. The number of carbonyl (C=O) groups is 2. The van der Waals surface area contributed by atoms with Crippen LogP contribution in [0.4, 0.5) is 9.18 Å². The fraction of sp³-hybridized carbons (Fsp3) is 0.0833. The number of carbonyl (C=O) groups excluding carboxylic acids is 2. The minimum absolute atomic E-state index is 0.0168. The number of hydrogen-bond donors (Lipinski definition) is 0. The van der Waals surface area contributed by atoms with Crippen molar-refractivity contribution in [3.63, 3.8) is 0 Å². The summed E-state index contributed by atoms with van der Waals surface area (Å²) in [6.07, 6.45) is 1.66. The fourth-order valence-electron chi connectivity index (χ4n) is 3.07. The molecule has 0 radical (unpaired) electrons. The minimum Gasteiger partial charge on any atom is -0.488 e. The summed E-state index contributed by atoms with van der Waals surface area (Å²) in [5.41, 5.74) is 2.30. The van der Waals surface area contributed by atoms with Crippen LogP contribution in [0.25, 0.3) is 6.08 Å². The van der Waals surface area contributed by atoms with Gasteiger partial charge in [-0.3, -0.25) is 14.5 Å². The lowest BCUT2D eigenvalue weighted by Gasteiger charge is -2.13. The van der Waals surface area contributed by atoms with Crippen molar-refractivity contribution in [3.05, 3.63) is 104 Å². The second kappa shape index (κ2) is 9.90. The predicted octanol–water partition coefficient (Wildman–Crippen LogP) is 7.06. The van der Waals surface area contributed by atoms with Crippen LogP contribution in [0.15, 0.2) is 76.1 Å². The molecule has 0 saturated carbocycles. The Kier molecular flexibility index (Phi) is 6.98. The zero-order chi connectivity index (χ0) is 22.7. The van der Waals surface area contributed by atoms with Crippen molar-refractivity contribution >= 4 is 56.5 Å². The van der Waals surface area contributed by atoms with Gasteiger partial charge in [-0.25, -0.2) is 4.39 Å². The first kappa shape index (κ1) is 22.6. The maximum atomic E-state index is 13.3. The Morgan fingerprint density at radius 3 is 2.56 bits per heavy atom. The lowest BCUT2D eigenvalue weighted by atomic mass is 10.2. The van der Waals surface area contributed by atoms with E-state index >= 15 is 0 Å². The highest BCUT2D eigenvalue weighted by molar-refractivity contribution is 9.10. The molecule has 1 fully saturated rings. The summed E-state index contributed by atoms with van der Waals surface area (Å²) in [4.78, 5) is 26.6. The quantitative estimate of drug-likeness (QED) is 0.319. The first-order valence-electron chi connectivity index (χ1n) is 9.56. The average Bonchev–Trinajstić information content (AvgIpc) is 3.03. The molecule has 8 heteroatoms. The summed E-state index contributed by atoms with van der Waals surface area (Å²) in [6.45, 7) is 0.417. The Morgan fingerprint density at radius 2 is 1.84 bits per heavy atom. The molecule has 0 bridgehead atoms. The van der Waals surface area contributed by atoms with Crippen molar-refractivity contribution in [2.45, 2.75) is 13.2 Å². The Hall–Kier alpha value is -2.61. The van der Waals surface area contributed by atoms with Crippen molar-refractivity contribution in [2.75, 3.05) is 0 Å². The number of amides is 2. The number of benzene rings is 3. The minimum atomic E-state index is -0.477. The Morgan fingerprint density at radius 1 is 1.06 bits per heavy atom. The topological polar surface area (TPSA) is 46.6 Å². The molecule has 1 saturated heterocycles. The van der Waals surface area contributed by atoms with Gasteiger partial charge in [-0.1, -0.05) is 54.1 Å². The van der Waals surface area contributed by atoms with E-state index in [4.69, 9.17) is 16.3 Å². The summed E-state index contributed by atoms with van der Waals surface area (Å²) in [7, 11) is 0. The summed E-state index contributed by atoms with van der Waals surface area (Å²) in [5, 5.41) is -0.230. The van der Waals surface area contributed by atoms with Crippen LogP contribution in [0.1, 0.15) is 16.7 Å². The Bertz CT molecular complexity index is 1220. The number of rotatable bonds is 6. The van der Waals surface area contributed by atoms with Gasteiger partial charge in [0.25, 0.3) is 11.1 Å². The number of imide groups is 1. The monoisotopic (exact) mass is 531 g/mol. The van der Waals surface area contributed by atoms with Gasteiger partial charge in [-0.2, -0.15) is 0 Å². The van der Waals surface area contributed by atoms with E-state index in [0.29, 0.717) is 22.8 Å². The first-order valence-corrected chi connectivity index (χ1v) is 11.5. The summed E-state index contributed by atoms with van der Waals surface area (Å²) >= 11 is 10.4. The van der Waals surface area contributed by atoms with Gasteiger partial charge in [0.1, 0.15) is 18.2 Å². The molecule has 1 aliphatic rings. The number of hydrogen-bond acceptors (Lipinski definition) is 4. The molecule has 1 aliphatic heterocycles. The van der Waals surface area contributed by atoms with Crippen LogP contribution < -0.4 is 4.74 Å². The Balaban J connectivity index is 1.47. The fourth-order valence-corrected chi connectivity index (χ4v) is 4.64. The van der Waals surface area contributed by atoms with Crippen LogP contribution >= 0.6 is 39.3 Å². The lowest BCUT2D eigenvalue weighted by Crippen LogP contribution is -2.27. The maximum absolute atomic E-state index is 13.3. The molecule has 0 spiro atoms. The normalized spacial score (nSPS) is 15.0. The van der Waals surface area contributed by atoms with Gasteiger partial charge < -0.3 is 4.74 Å². The van der Waals surface area contributed by atoms with Crippen molar-refractivity contribution in [1.29, 1.82) is 0 Å². The highest BCUT2D eigenvalue weighted by Crippen LogP contribution is 2.35. The van der Waals surface area contributed by atoms with Gasteiger partial charge >= 0.3 is 0 Å². The molecule has 0 aromatic heterocycles. The summed E-state index contributed by atoms with van der Waals surface area (Å²) < 4.78 is 19.8. The van der Waals surface area contributed by atoms with E-state index in [1.54, 1.807) is 12.1 Å². The van der Waals surface area contributed by atoms with E-state index in [-0.39, 0.29) is 11.6 Å². The van der Waals surface area contributed by atoms with E-state index in [9.17, 15) is 14.0 Å². The maximum Gasteiger partial charge on any atom is 0.293 e. The average molecular weight is 533 g/mol. The van der Waals surface area contributed by atoms with Crippen LogP contribution in [-0.4, -0.2) is 16.0 Å². The van der Waals surface area contributed by atoms with Gasteiger partial charge in [-0.05, 0) is 74.7 Å². The molecule has 3 aromatic carbocycles. The van der Waals surface area contributed by atoms with Crippen molar-refractivity contribution in [2.24, 2.45) is 0 Å². The van der Waals surface area contributed by atoms with Crippen LogP contribution in [0.2, 0.25) is 5.02 Å². The highest BCUT2D eigenvalue weighted by atomic mass is 79.9. The van der Waals surface area contributed by atoms with Gasteiger partial charge in [0.05, 0.1) is 15.9 Å². The number of thioether (sulfide) groups is 1. The first-order chi connectivity index (χ1) is 15.4. The number of ether oxygens (including phenoxy) is 1. The van der Waals surface area contributed by atoms with Crippen molar-refractivity contribution in [3.8, 4) is 5.75 Å². The molecule has 2 amide bonds. The molecule has 0 unspecified atom stereocenters.